The second kappa shape index (κ2) is 6.96. The van der Waals surface area contributed by atoms with Gasteiger partial charge in [0.05, 0.1) is 0 Å². The highest BCUT2D eigenvalue weighted by Gasteiger charge is 2.35. The molecule has 0 saturated heterocycles. The van der Waals surface area contributed by atoms with Gasteiger partial charge in [-0.1, -0.05) is 25.1 Å². The van der Waals surface area contributed by atoms with E-state index < -0.39 is 11.5 Å². The molecule has 106 valence electrons. The number of thioether (sulfide) groups is 1. The minimum absolute atomic E-state index is 0.148. The van der Waals surface area contributed by atoms with Gasteiger partial charge in [0, 0.05) is 16.2 Å². The SMILES string of the molecule is CC(C)NC(C)(CC(C)Sc1ccccc1)C(=O)O. The second-order valence-corrected chi connectivity index (χ2v) is 6.89. The van der Waals surface area contributed by atoms with E-state index in [0.717, 1.165) is 0 Å². The molecule has 0 bridgehead atoms. The summed E-state index contributed by atoms with van der Waals surface area (Å²) in [5.74, 6) is -0.790. The average Bonchev–Trinajstić information content (AvgIpc) is 2.28. The predicted octanol–water partition coefficient (Wildman–Crippen LogP) is 3.40. The molecule has 0 radical (unpaired) electrons. The highest BCUT2D eigenvalue weighted by Crippen LogP contribution is 2.28. The third-order valence-electron chi connectivity index (χ3n) is 2.86. The molecule has 0 saturated carbocycles. The lowest BCUT2D eigenvalue weighted by molar-refractivity contribution is -0.144. The van der Waals surface area contributed by atoms with Crippen molar-refractivity contribution in [2.24, 2.45) is 0 Å². The number of hydrogen-bond donors (Lipinski definition) is 2. The number of nitrogens with one attached hydrogen (secondary N) is 1. The van der Waals surface area contributed by atoms with Gasteiger partial charge in [-0.15, -0.1) is 11.8 Å². The molecule has 2 atom stereocenters. The lowest BCUT2D eigenvalue weighted by atomic mass is 9.95. The number of rotatable bonds is 7. The largest absolute Gasteiger partial charge is 0.480 e. The molecule has 1 rings (SSSR count). The Labute approximate surface area is 119 Å². The highest BCUT2D eigenvalue weighted by molar-refractivity contribution is 7.99. The minimum Gasteiger partial charge on any atom is -0.480 e. The first kappa shape index (κ1) is 16.1. The van der Waals surface area contributed by atoms with Gasteiger partial charge in [-0.2, -0.15) is 0 Å². The van der Waals surface area contributed by atoms with Crippen LogP contribution in [0.4, 0.5) is 0 Å². The summed E-state index contributed by atoms with van der Waals surface area (Å²) < 4.78 is 0. The summed E-state index contributed by atoms with van der Waals surface area (Å²) in [7, 11) is 0. The average molecular weight is 281 g/mol. The van der Waals surface area contributed by atoms with Gasteiger partial charge in [0.1, 0.15) is 5.54 Å². The fraction of sp³-hybridized carbons (Fsp3) is 0.533. The molecule has 4 heteroatoms. The number of carboxylic acid groups (broad SMARTS) is 1. The van der Waals surface area contributed by atoms with E-state index in [4.69, 9.17) is 0 Å². The van der Waals surface area contributed by atoms with Crippen LogP contribution in [-0.2, 0) is 4.79 Å². The summed E-state index contributed by atoms with van der Waals surface area (Å²) >= 11 is 1.71. The van der Waals surface area contributed by atoms with Crippen LogP contribution in [0, 0.1) is 0 Å². The number of aliphatic carboxylic acids is 1. The van der Waals surface area contributed by atoms with Crippen LogP contribution in [0.1, 0.15) is 34.1 Å². The van der Waals surface area contributed by atoms with Crippen molar-refractivity contribution in [3.8, 4) is 0 Å². The van der Waals surface area contributed by atoms with Crippen LogP contribution in [0.3, 0.4) is 0 Å². The van der Waals surface area contributed by atoms with Crippen LogP contribution in [-0.4, -0.2) is 27.9 Å². The molecule has 0 aromatic heterocycles. The Kier molecular flexibility index (Phi) is 5.88. The van der Waals surface area contributed by atoms with Gasteiger partial charge in [-0.3, -0.25) is 10.1 Å². The van der Waals surface area contributed by atoms with Crippen LogP contribution in [0.25, 0.3) is 0 Å². The fourth-order valence-electron chi connectivity index (χ4n) is 2.19. The quantitative estimate of drug-likeness (QED) is 0.752. The molecule has 1 aromatic rings. The molecule has 1 aromatic carbocycles. The zero-order valence-corrected chi connectivity index (χ0v) is 12.8. The Bertz CT molecular complexity index is 408. The molecule has 0 fully saturated rings. The normalized spacial score (nSPS) is 16.1. The minimum atomic E-state index is -0.880. The second-order valence-electron chi connectivity index (χ2n) is 5.38. The highest BCUT2D eigenvalue weighted by atomic mass is 32.2. The first-order valence-electron chi connectivity index (χ1n) is 6.56. The van der Waals surface area contributed by atoms with Crippen molar-refractivity contribution in [3.05, 3.63) is 30.3 Å². The smallest absolute Gasteiger partial charge is 0.323 e. The molecule has 0 spiro atoms. The maximum atomic E-state index is 11.5. The van der Waals surface area contributed by atoms with Crippen molar-refractivity contribution in [1.82, 2.24) is 5.32 Å². The zero-order valence-electron chi connectivity index (χ0n) is 12.0. The number of carbonyl (C=O) groups is 1. The first-order chi connectivity index (χ1) is 8.83. The van der Waals surface area contributed by atoms with Crippen LogP contribution in [0.5, 0.6) is 0 Å². The van der Waals surface area contributed by atoms with Crippen LogP contribution in [0.2, 0.25) is 0 Å². The van der Waals surface area contributed by atoms with Gasteiger partial charge in [-0.05, 0) is 39.3 Å². The van der Waals surface area contributed by atoms with E-state index in [0.29, 0.717) is 6.42 Å². The summed E-state index contributed by atoms with van der Waals surface area (Å²) in [5, 5.41) is 12.8. The Hall–Kier alpha value is -1.00. The summed E-state index contributed by atoms with van der Waals surface area (Å²) in [6.45, 7) is 7.77. The Morgan fingerprint density at radius 1 is 1.32 bits per heavy atom. The van der Waals surface area contributed by atoms with Crippen molar-refractivity contribution >= 4 is 17.7 Å². The van der Waals surface area contributed by atoms with Crippen molar-refractivity contribution < 1.29 is 9.90 Å². The van der Waals surface area contributed by atoms with E-state index in [2.05, 4.69) is 24.4 Å². The molecule has 0 amide bonds. The van der Waals surface area contributed by atoms with Crippen molar-refractivity contribution in [3.63, 3.8) is 0 Å². The molecule has 0 aliphatic carbocycles. The molecular weight excluding hydrogens is 258 g/mol. The lowest BCUT2D eigenvalue weighted by Crippen LogP contribution is -2.53. The number of hydrogen-bond acceptors (Lipinski definition) is 3. The number of carboxylic acids is 1. The summed E-state index contributed by atoms with van der Waals surface area (Å²) in [5.41, 5.74) is -0.880. The van der Waals surface area contributed by atoms with Gasteiger partial charge < -0.3 is 5.11 Å². The van der Waals surface area contributed by atoms with E-state index in [-0.39, 0.29) is 11.3 Å². The summed E-state index contributed by atoms with van der Waals surface area (Å²) in [6.07, 6.45) is 0.583. The maximum Gasteiger partial charge on any atom is 0.323 e. The van der Waals surface area contributed by atoms with Crippen LogP contribution >= 0.6 is 11.8 Å². The monoisotopic (exact) mass is 281 g/mol. The van der Waals surface area contributed by atoms with Crippen molar-refractivity contribution in [2.45, 2.75) is 55.8 Å². The zero-order chi connectivity index (χ0) is 14.5. The molecule has 2 unspecified atom stereocenters. The third kappa shape index (κ3) is 5.25. The van der Waals surface area contributed by atoms with E-state index in [1.807, 2.05) is 32.0 Å². The van der Waals surface area contributed by atoms with Crippen molar-refractivity contribution in [2.75, 3.05) is 0 Å². The van der Waals surface area contributed by atoms with E-state index >= 15 is 0 Å². The van der Waals surface area contributed by atoms with Gasteiger partial charge in [0.25, 0.3) is 0 Å². The van der Waals surface area contributed by atoms with E-state index in [1.54, 1.807) is 18.7 Å². The van der Waals surface area contributed by atoms with Gasteiger partial charge >= 0.3 is 5.97 Å². The van der Waals surface area contributed by atoms with Crippen LogP contribution < -0.4 is 5.32 Å². The Balaban J connectivity index is 2.66. The predicted molar refractivity (Wildman–Crippen MR) is 80.7 cm³/mol. The Morgan fingerprint density at radius 2 is 1.89 bits per heavy atom. The van der Waals surface area contributed by atoms with Crippen molar-refractivity contribution in [1.29, 1.82) is 0 Å². The lowest BCUT2D eigenvalue weighted by Gasteiger charge is -2.31. The Morgan fingerprint density at radius 3 is 2.37 bits per heavy atom. The van der Waals surface area contributed by atoms with Gasteiger partial charge in [0.15, 0.2) is 0 Å². The number of benzene rings is 1. The standard InChI is InChI=1S/C15H23NO2S/c1-11(2)16-15(4,14(17)18)10-12(3)19-13-8-6-5-7-9-13/h5-9,11-12,16H,10H2,1-4H3,(H,17,18). The summed E-state index contributed by atoms with van der Waals surface area (Å²) in [6, 6.07) is 10.2. The molecule has 3 nitrogen and oxygen atoms in total. The summed E-state index contributed by atoms with van der Waals surface area (Å²) in [4.78, 5) is 12.6. The molecule has 0 aliphatic heterocycles. The van der Waals surface area contributed by atoms with Gasteiger partial charge in [-0.25, -0.2) is 0 Å². The topological polar surface area (TPSA) is 49.3 Å². The molecule has 0 aliphatic rings. The van der Waals surface area contributed by atoms with E-state index in [1.165, 1.54) is 4.90 Å². The molecule has 0 heterocycles. The first-order valence-corrected chi connectivity index (χ1v) is 7.44. The van der Waals surface area contributed by atoms with Gasteiger partial charge in [0.2, 0.25) is 0 Å². The molecular formula is C15H23NO2S. The van der Waals surface area contributed by atoms with E-state index in [9.17, 15) is 9.90 Å². The maximum absolute atomic E-state index is 11.5. The molecule has 19 heavy (non-hydrogen) atoms. The fourth-order valence-corrected chi connectivity index (χ4v) is 3.39. The third-order valence-corrected chi connectivity index (χ3v) is 3.97. The molecule has 2 N–H and O–H groups in total. The van der Waals surface area contributed by atoms with Crippen LogP contribution in [0.15, 0.2) is 35.2 Å².